The van der Waals surface area contributed by atoms with Gasteiger partial charge in [-0.25, -0.2) is 4.79 Å². The average molecular weight is 315 g/mol. The summed E-state index contributed by atoms with van der Waals surface area (Å²) in [4.78, 5) is 10.7. The van der Waals surface area contributed by atoms with E-state index in [9.17, 15) is 18.7 Å². The Hall–Kier alpha value is -2.34. The minimum absolute atomic E-state index is 0.0901. The second kappa shape index (κ2) is 5.57. The Morgan fingerprint density at radius 2 is 1.81 bits per heavy atom. The van der Waals surface area contributed by atoms with Gasteiger partial charge in [-0.3, -0.25) is 0 Å². The Labute approximate surface area is 123 Å². The highest BCUT2D eigenvalue weighted by Gasteiger charge is 2.44. The van der Waals surface area contributed by atoms with Gasteiger partial charge in [-0.1, -0.05) is 23.7 Å². The third-order valence-corrected chi connectivity index (χ3v) is 2.94. The van der Waals surface area contributed by atoms with Crippen molar-refractivity contribution in [2.45, 2.75) is 5.92 Å². The second-order valence-corrected chi connectivity index (χ2v) is 4.50. The predicted octanol–water partition coefficient (Wildman–Crippen LogP) is 4.01. The van der Waals surface area contributed by atoms with Gasteiger partial charge in [-0.15, -0.1) is 0 Å². The summed E-state index contributed by atoms with van der Waals surface area (Å²) in [6.45, 7) is 0. The minimum Gasteiger partial charge on any atom is -0.508 e. The Morgan fingerprint density at radius 3 is 2.43 bits per heavy atom. The van der Waals surface area contributed by atoms with Crippen LogP contribution in [0.2, 0.25) is 5.02 Å². The highest BCUT2D eigenvalue weighted by molar-refractivity contribution is 6.32. The molecule has 0 radical (unpaired) electrons. The number of hydrogen-bond acceptors (Lipinski definition) is 3. The molecule has 0 saturated heterocycles. The van der Waals surface area contributed by atoms with Crippen molar-refractivity contribution in [2.24, 2.45) is 0 Å². The summed E-state index contributed by atoms with van der Waals surface area (Å²) in [5.41, 5.74) is -0.963. The molecule has 110 valence electrons. The van der Waals surface area contributed by atoms with Crippen LogP contribution in [0.15, 0.2) is 42.5 Å². The van der Waals surface area contributed by atoms with Crippen LogP contribution in [0.4, 0.5) is 8.78 Å². The highest BCUT2D eigenvalue weighted by atomic mass is 35.5. The largest absolute Gasteiger partial charge is 0.508 e. The normalized spacial score (nSPS) is 11.2. The number of benzene rings is 2. The molecule has 0 aliphatic carbocycles. The fraction of sp³-hybridized carbons (Fsp3) is 0.0714. The molecule has 0 spiro atoms. The standard InChI is InChI=1S/C14H9ClF2O4/c15-10-3-1-2-4-12(10)21-11-6-5-8(18)7-9(11)14(16,17)13(19)20/h1-7,18H,(H,19,20). The van der Waals surface area contributed by atoms with E-state index in [0.717, 1.165) is 12.1 Å². The van der Waals surface area contributed by atoms with Crippen LogP contribution in [0, 0.1) is 0 Å². The first-order chi connectivity index (χ1) is 9.82. The monoisotopic (exact) mass is 314 g/mol. The van der Waals surface area contributed by atoms with Gasteiger partial charge >= 0.3 is 11.9 Å². The van der Waals surface area contributed by atoms with E-state index < -0.39 is 29.0 Å². The quantitative estimate of drug-likeness (QED) is 0.894. The molecule has 0 unspecified atom stereocenters. The van der Waals surface area contributed by atoms with Crippen LogP contribution in [0.3, 0.4) is 0 Å². The zero-order chi connectivity index (χ0) is 15.6. The first kappa shape index (κ1) is 15.1. The van der Waals surface area contributed by atoms with E-state index in [-0.39, 0.29) is 10.8 Å². The predicted molar refractivity (Wildman–Crippen MR) is 71.2 cm³/mol. The molecule has 0 aromatic heterocycles. The Kier molecular flexibility index (Phi) is 3.99. The maximum atomic E-state index is 13.7. The van der Waals surface area contributed by atoms with Crippen LogP contribution in [-0.2, 0) is 10.7 Å². The molecule has 2 aromatic rings. The topological polar surface area (TPSA) is 66.8 Å². The van der Waals surface area contributed by atoms with E-state index in [4.69, 9.17) is 21.4 Å². The molecule has 2 rings (SSSR count). The van der Waals surface area contributed by atoms with E-state index in [1.807, 2.05) is 0 Å². The van der Waals surface area contributed by atoms with Crippen LogP contribution < -0.4 is 4.74 Å². The lowest BCUT2D eigenvalue weighted by atomic mass is 10.1. The van der Waals surface area contributed by atoms with Crippen LogP contribution in [-0.4, -0.2) is 16.2 Å². The minimum atomic E-state index is -4.21. The summed E-state index contributed by atoms with van der Waals surface area (Å²) in [5.74, 6) is -7.38. The lowest BCUT2D eigenvalue weighted by molar-refractivity contribution is -0.166. The van der Waals surface area contributed by atoms with Crippen molar-refractivity contribution in [3.63, 3.8) is 0 Å². The lowest BCUT2D eigenvalue weighted by Crippen LogP contribution is -2.25. The van der Waals surface area contributed by atoms with Crippen molar-refractivity contribution >= 4 is 17.6 Å². The summed E-state index contributed by atoms with van der Waals surface area (Å²) in [6.07, 6.45) is 0. The third kappa shape index (κ3) is 3.05. The van der Waals surface area contributed by atoms with Gasteiger partial charge in [-0.05, 0) is 30.3 Å². The molecular formula is C14H9ClF2O4. The number of rotatable bonds is 4. The molecular weight excluding hydrogens is 306 g/mol. The number of aromatic hydroxyl groups is 1. The van der Waals surface area contributed by atoms with Gasteiger partial charge < -0.3 is 14.9 Å². The molecule has 21 heavy (non-hydrogen) atoms. The number of hydrogen-bond donors (Lipinski definition) is 2. The fourth-order valence-electron chi connectivity index (χ4n) is 1.61. The van der Waals surface area contributed by atoms with E-state index in [2.05, 4.69) is 0 Å². The van der Waals surface area contributed by atoms with Gasteiger partial charge in [0.1, 0.15) is 17.2 Å². The molecule has 7 heteroatoms. The Morgan fingerprint density at radius 1 is 1.14 bits per heavy atom. The number of carboxylic acids is 1. The maximum Gasteiger partial charge on any atom is 0.379 e. The summed E-state index contributed by atoms with van der Waals surface area (Å²) in [7, 11) is 0. The number of para-hydroxylation sites is 1. The SMILES string of the molecule is O=C(O)C(F)(F)c1cc(O)ccc1Oc1ccccc1Cl. The zero-order valence-electron chi connectivity index (χ0n) is 10.4. The van der Waals surface area contributed by atoms with Crippen LogP contribution in [0.5, 0.6) is 17.2 Å². The van der Waals surface area contributed by atoms with Gasteiger partial charge in [0.05, 0.1) is 10.6 Å². The van der Waals surface area contributed by atoms with Crippen molar-refractivity contribution < 1.29 is 28.5 Å². The molecule has 0 fully saturated rings. The van der Waals surface area contributed by atoms with Gasteiger partial charge in [0, 0.05) is 0 Å². The van der Waals surface area contributed by atoms with E-state index >= 15 is 0 Å². The van der Waals surface area contributed by atoms with Gasteiger partial charge in [0.25, 0.3) is 0 Å². The number of ether oxygens (including phenoxy) is 1. The smallest absolute Gasteiger partial charge is 0.379 e. The number of carbonyl (C=O) groups is 1. The third-order valence-electron chi connectivity index (χ3n) is 2.63. The zero-order valence-corrected chi connectivity index (χ0v) is 11.1. The number of aliphatic carboxylic acids is 1. The molecule has 0 amide bonds. The Balaban J connectivity index is 2.50. The molecule has 0 heterocycles. The highest BCUT2D eigenvalue weighted by Crippen LogP contribution is 2.40. The van der Waals surface area contributed by atoms with Gasteiger partial charge in [-0.2, -0.15) is 8.78 Å². The molecule has 4 nitrogen and oxygen atoms in total. The van der Waals surface area contributed by atoms with E-state index in [1.54, 1.807) is 12.1 Å². The number of phenols is 1. The van der Waals surface area contributed by atoms with Crippen molar-refractivity contribution in [2.75, 3.05) is 0 Å². The second-order valence-electron chi connectivity index (χ2n) is 4.09. The summed E-state index contributed by atoms with van der Waals surface area (Å²) >= 11 is 5.86. The molecule has 0 aliphatic rings. The summed E-state index contributed by atoms with van der Waals surface area (Å²) in [5, 5.41) is 18.1. The van der Waals surface area contributed by atoms with Crippen LogP contribution in [0.1, 0.15) is 5.56 Å². The van der Waals surface area contributed by atoms with Gasteiger partial charge in [0.2, 0.25) is 0 Å². The number of alkyl halides is 2. The fourth-order valence-corrected chi connectivity index (χ4v) is 1.79. The Bertz CT molecular complexity index is 688. The van der Waals surface area contributed by atoms with Gasteiger partial charge in [0.15, 0.2) is 0 Å². The molecule has 2 aromatic carbocycles. The summed E-state index contributed by atoms with van der Waals surface area (Å²) < 4.78 is 32.6. The maximum absolute atomic E-state index is 13.7. The van der Waals surface area contributed by atoms with Crippen LogP contribution in [0.25, 0.3) is 0 Å². The van der Waals surface area contributed by atoms with E-state index in [1.165, 1.54) is 12.1 Å². The molecule has 0 aliphatic heterocycles. The average Bonchev–Trinajstić information content (AvgIpc) is 2.43. The molecule has 0 saturated carbocycles. The number of phenolic OH excluding ortho intramolecular Hbond substituents is 1. The molecule has 0 atom stereocenters. The molecule has 2 N–H and O–H groups in total. The number of carboxylic acid groups (broad SMARTS) is 1. The van der Waals surface area contributed by atoms with Crippen molar-refractivity contribution in [3.8, 4) is 17.2 Å². The summed E-state index contributed by atoms with van der Waals surface area (Å²) in [6, 6.07) is 8.93. The van der Waals surface area contributed by atoms with Crippen molar-refractivity contribution in [1.29, 1.82) is 0 Å². The van der Waals surface area contributed by atoms with E-state index in [0.29, 0.717) is 6.07 Å². The van der Waals surface area contributed by atoms with Crippen LogP contribution >= 0.6 is 11.6 Å². The van der Waals surface area contributed by atoms with Crippen molar-refractivity contribution in [3.05, 3.63) is 53.1 Å². The first-order valence-corrected chi connectivity index (χ1v) is 6.07. The lowest BCUT2D eigenvalue weighted by Gasteiger charge is -2.17. The first-order valence-electron chi connectivity index (χ1n) is 5.69. The number of halogens is 3. The molecule has 0 bridgehead atoms. The van der Waals surface area contributed by atoms with Crippen molar-refractivity contribution in [1.82, 2.24) is 0 Å².